The number of amides is 1. The van der Waals surface area contributed by atoms with Gasteiger partial charge >= 0.3 is 0 Å². The highest BCUT2D eigenvalue weighted by Crippen LogP contribution is 2.33. The van der Waals surface area contributed by atoms with Crippen LogP contribution < -0.4 is 0 Å². The Kier molecular flexibility index (Phi) is 3.68. The molecule has 6 nitrogen and oxygen atoms in total. The Morgan fingerprint density at radius 2 is 2.14 bits per heavy atom. The summed E-state index contributed by atoms with van der Waals surface area (Å²) in [5.74, 6) is 0.0733. The standard InChI is InChI=1S/C15H19N5O/c1-15(13-6-3-2-4-7-13)8-5-9-19(11-15)14(21)10-20-12-16-17-18-20/h2-4,6-7,12H,5,8-11H2,1H3/t15-/m0/s1. The van der Waals surface area contributed by atoms with Crippen LogP contribution in [-0.2, 0) is 16.8 Å². The zero-order chi connectivity index (χ0) is 14.7. The van der Waals surface area contributed by atoms with Gasteiger partial charge in [-0.15, -0.1) is 5.10 Å². The smallest absolute Gasteiger partial charge is 0.244 e. The predicted octanol–water partition coefficient (Wildman–Crippen LogP) is 1.25. The zero-order valence-electron chi connectivity index (χ0n) is 12.1. The van der Waals surface area contributed by atoms with Gasteiger partial charge in [0.2, 0.25) is 5.91 Å². The van der Waals surface area contributed by atoms with Crippen LogP contribution in [0.4, 0.5) is 0 Å². The van der Waals surface area contributed by atoms with Gasteiger partial charge in [-0.1, -0.05) is 37.3 Å². The van der Waals surface area contributed by atoms with Crippen molar-refractivity contribution in [1.29, 1.82) is 0 Å². The van der Waals surface area contributed by atoms with E-state index in [2.05, 4.69) is 46.7 Å². The number of tetrazole rings is 1. The van der Waals surface area contributed by atoms with Crippen LogP contribution in [0, 0.1) is 0 Å². The molecule has 0 radical (unpaired) electrons. The van der Waals surface area contributed by atoms with E-state index in [9.17, 15) is 4.79 Å². The number of aromatic nitrogens is 4. The number of nitrogens with zero attached hydrogens (tertiary/aromatic N) is 5. The van der Waals surface area contributed by atoms with E-state index in [1.165, 1.54) is 16.6 Å². The van der Waals surface area contributed by atoms with Crippen molar-refractivity contribution >= 4 is 5.91 Å². The van der Waals surface area contributed by atoms with Crippen LogP contribution in [-0.4, -0.2) is 44.1 Å². The Labute approximate surface area is 123 Å². The molecule has 1 aromatic heterocycles. The number of piperidine rings is 1. The van der Waals surface area contributed by atoms with Crippen LogP contribution >= 0.6 is 0 Å². The molecule has 1 amide bonds. The highest BCUT2D eigenvalue weighted by Gasteiger charge is 2.34. The average molecular weight is 285 g/mol. The van der Waals surface area contributed by atoms with Crippen LogP contribution in [0.5, 0.6) is 0 Å². The van der Waals surface area contributed by atoms with Gasteiger partial charge in [0.1, 0.15) is 12.9 Å². The summed E-state index contributed by atoms with van der Waals surface area (Å²) >= 11 is 0. The zero-order valence-corrected chi connectivity index (χ0v) is 12.1. The predicted molar refractivity (Wildman–Crippen MR) is 77.4 cm³/mol. The molecule has 0 spiro atoms. The molecule has 0 bridgehead atoms. The molecule has 2 aromatic rings. The molecular formula is C15H19N5O. The van der Waals surface area contributed by atoms with Crippen molar-refractivity contribution in [3.05, 3.63) is 42.2 Å². The van der Waals surface area contributed by atoms with Crippen molar-refractivity contribution in [2.75, 3.05) is 13.1 Å². The Bertz CT molecular complexity index is 598. The highest BCUT2D eigenvalue weighted by molar-refractivity contribution is 5.76. The number of carbonyl (C=O) groups excluding carboxylic acids is 1. The summed E-state index contributed by atoms with van der Waals surface area (Å²) in [6.45, 7) is 4.00. The summed E-state index contributed by atoms with van der Waals surface area (Å²) in [6.07, 6.45) is 3.59. The van der Waals surface area contributed by atoms with Crippen molar-refractivity contribution in [1.82, 2.24) is 25.1 Å². The van der Waals surface area contributed by atoms with Gasteiger partial charge in [0.15, 0.2) is 0 Å². The van der Waals surface area contributed by atoms with Crippen LogP contribution in [0.2, 0.25) is 0 Å². The Hall–Kier alpha value is -2.24. The third-order valence-electron chi connectivity index (χ3n) is 4.21. The lowest BCUT2D eigenvalue weighted by molar-refractivity contribution is -0.134. The first-order chi connectivity index (χ1) is 10.2. The number of carbonyl (C=O) groups is 1. The van der Waals surface area contributed by atoms with Crippen LogP contribution in [0.15, 0.2) is 36.7 Å². The molecule has 2 heterocycles. The maximum atomic E-state index is 12.4. The normalized spacial score (nSPS) is 22.2. The first-order valence-corrected chi connectivity index (χ1v) is 7.21. The molecule has 0 unspecified atom stereocenters. The Balaban J connectivity index is 1.72. The van der Waals surface area contributed by atoms with Gasteiger partial charge in [0, 0.05) is 18.5 Å². The third-order valence-corrected chi connectivity index (χ3v) is 4.21. The number of likely N-dealkylation sites (tertiary alicyclic amines) is 1. The summed E-state index contributed by atoms with van der Waals surface area (Å²) in [4.78, 5) is 14.3. The molecule has 0 saturated carbocycles. The summed E-state index contributed by atoms with van der Waals surface area (Å²) in [6, 6.07) is 10.4. The summed E-state index contributed by atoms with van der Waals surface area (Å²) < 4.78 is 1.47. The second-order valence-corrected chi connectivity index (χ2v) is 5.85. The minimum Gasteiger partial charge on any atom is -0.340 e. The van der Waals surface area contributed by atoms with Gasteiger partial charge in [-0.25, -0.2) is 4.68 Å². The number of hydrogen-bond acceptors (Lipinski definition) is 4. The molecule has 0 aliphatic carbocycles. The van der Waals surface area contributed by atoms with Gasteiger partial charge in [0.05, 0.1) is 0 Å². The quantitative estimate of drug-likeness (QED) is 0.851. The summed E-state index contributed by atoms with van der Waals surface area (Å²) in [5, 5.41) is 10.9. The molecule has 1 aromatic carbocycles. The number of benzene rings is 1. The lowest BCUT2D eigenvalue weighted by Gasteiger charge is -2.41. The second-order valence-electron chi connectivity index (χ2n) is 5.85. The van der Waals surface area contributed by atoms with Crippen molar-refractivity contribution in [3.63, 3.8) is 0 Å². The van der Waals surface area contributed by atoms with Crippen molar-refractivity contribution in [3.8, 4) is 0 Å². The highest BCUT2D eigenvalue weighted by atomic mass is 16.2. The third kappa shape index (κ3) is 2.94. The van der Waals surface area contributed by atoms with E-state index in [4.69, 9.17) is 0 Å². The molecule has 1 aliphatic heterocycles. The number of rotatable bonds is 3. The van der Waals surface area contributed by atoms with E-state index >= 15 is 0 Å². The average Bonchev–Trinajstić information content (AvgIpc) is 3.01. The molecule has 6 heteroatoms. The minimum atomic E-state index is 0.0236. The lowest BCUT2D eigenvalue weighted by atomic mass is 9.76. The molecule has 3 rings (SSSR count). The van der Waals surface area contributed by atoms with Gasteiger partial charge in [-0.05, 0) is 28.8 Å². The molecule has 0 N–H and O–H groups in total. The molecule has 21 heavy (non-hydrogen) atoms. The topological polar surface area (TPSA) is 63.9 Å². The maximum Gasteiger partial charge on any atom is 0.244 e. The van der Waals surface area contributed by atoms with Gasteiger partial charge in [0.25, 0.3) is 0 Å². The molecule has 1 aliphatic rings. The monoisotopic (exact) mass is 285 g/mol. The minimum absolute atomic E-state index is 0.0236. The molecule has 110 valence electrons. The van der Waals surface area contributed by atoms with Gasteiger partial charge < -0.3 is 4.90 Å². The Morgan fingerprint density at radius 1 is 1.33 bits per heavy atom. The van der Waals surface area contributed by atoms with E-state index < -0.39 is 0 Å². The van der Waals surface area contributed by atoms with E-state index in [1.807, 2.05) is 11.0 Å². The fraction of sp³-hybridized carbons (Fsp3) is 0.467. The first-order valence-electron chi connectivity index (χ1n) is 7.21. The van der Waals surface area contributed by atoms with E-state index in [-0.39, 0.29) is 17.9 Å². The molecule has 1 atom stereocenters. The van der Waals surface area contributed by atoms with Crippen molar-refractivity contribution in [2.45, 2.75) is 31.7 Å². The van der Waals surface area contributed by atoms with Gasteiger partial charge in [-0.2, -0.15) is 0 Å². The SMILES string of the molecule is C[C@]1(c2ccccc2)CCCN(C(=O)Cn2cnnn2)C1. The van der Waals surface area contributed by atoms with Gasteiger partial charge in [-0.3, -0.25) is 4.79 Å². The number of hydrogen-bond donors (Lipinski definition) is 0. The molecule has 1 saturated heterocycles. The summed E-state index contributed by atoms with van der Waals surface area (Å²) in [7, 11) is 0. The fourth-order valence-corrected chi connectivity index (χ4v) is 3.02. The summed E-state index contributed by atoms with van der Waals surface area (Å²) in [5.41, 5.74) is 1.32. The van der Waals surface area contributed by atoms with E-state index in [0.717, 1.165) is 25.9 Å². The second kappa shape index (κ2) is 5.63. The largest absolute Gasteiger partial charge is 0.340 e. The van der Waals surface area contributed by atoms with Crippen LogP contribution in [0.1, 0.15) is 25.3 Å². The van der Waals surface area contributed by atoms with Crippen LogP contribution in [0.3, 0.4) is 0 Å². The molecular weight excluding hydrogens is 266 g/mol. The van der Waals surface area contributed by atoms with Crippen molar-refractivity contribution < 1.29 is 4.79 Å². The van der Waals surface area contributed by atoms with E-state index in [0.29, 0.717) is 0 Å². The molecule has 1 fully saturated rings. The van der Waals surface area contributed by atoms with Crippen LogP contribution in [0.25, 0.3) is 0 Å². The Morgan fingerprint density at radius 3 is 2.86 bits per heavy atom. The maximum absolute atomic E-state index is 12.4. The van der Waals surface area contributed by atoms with Crippen molar-refractivity contribution in [2.24, 2.45) is 0 Å². The fourth-order valence-electron chi connectivity index (χ4n) is 3.02. The lowest BCUT2D eigenvalue weighted by Crippen LogP contribution is -2.48. The van der Waals surface area contributed by atoms with E-state index in [1.54, 1.807) is 0 Å². The first kappa shape index (κ1) is 13.7.